The van der Waals surface area contributed by atoms with Crippen LogP contribution < -0.4 is 11.1 Å². The van der Waals surface area contributed by atoms with Gasteiger partial charge < -0.3 is 16.0 Å². The lowest BCUT2D eigenvalue weighted by atomic mass is 10.1. The molecule has 1 aliphatic rings. The number of anilines is 1. The Hall–Kier alpha value is -2.46. The van der Waals surface area contributed by atoms with E-state index in [1.807, 2.05) is 11.9 Å². The van der Waals surface area contributed by atoms with Gasteiger partial charge >= 0.3 is 0 Å². The van der Waals surface area contributed by atoms with Crippen LogP contribution in [0.3, 0.4) is 0 Å². The van der Waals surface area contributed by atoms with Crippen molar-refractivity contribution < 1.29 is 18.0 Å². The van der Waals surface area contributed by atoms with E-state index in [0.717, 1.165) is 0 Å². The van der Waals surface area contributed by atoms with E-state index in [-0.39, 0.29) is 26.7 Å². The summed E-state index contributed by atoms with van der Waals surface area (Å²) in [5, 5.41) is 2.67. The van der Waals surface area contributed by atoms with Crippen molar-refractivity contribution >= 4 is 39.1 Å². The number of nitrogens with two attached hydrogens (primary N) is 1. The Kier molecular flexibility index (Phi) is 6.23. The van der Waals surface area contributed by atoms with Crippen molar-refractivity contribution in [2.45, 2.75) is 4.90 Å². The molecule has 1 aliphatic heterocycles. The standard InChI is InChI=1S/C19H21ClN4O4S/c1-23-8-10-24(11-9-23)29(27,28)13-6-7-16(20)15(12-13)19(26)22-17-5-3-2-4-14(17)18(21)25/h2-7,12H,8-11H2,1H3,(H2,21,25)(H,22,26). The zero-order valence-electron chi connectivity index (χ0n) is 15.8. The number of primary amides is 1. The average Bonchev–Trinajstić information content (AvgIpc) is 2.68. The second-order valence-electron chi connectivity index (χ2n) is 6.71. The number of hydrogen-bond acceptors (Lipinski definition) is 5. The minimum atomic E-state index is -3.76. The highest BCUT2D eigenvalue weighted by molar-refractivity contribution is 7.89. The Morgan fingerprint density at radius 3 is 2.34 bits per heavy atom. The molecule has 2 aromatic carbocycles. The zero-order valence-corrected chi connectivity index (χ0v) is 17.3. The molecule has 2 aromatic rings. The van der Waals surface area contributed by atoms with Crippen LogP contribution in [0.15, 0.2) is 47.4 Å². The third-order valence-corrected chi connectivity index (χ3v) is 6.95. The van der Waals surface area contributed by atoms with Gasteiger partial charge in [0.1, 0.15) is 0 Å². The minimum Gasteiger partial charge on any atom is -0.366 e. The van der Waals surface area contributed by atoms with E-state index in [9.17, 15) is 18.0 Å². The molecule has 0 bridgehead atoms. The van der Waals surface area contributed by atoms with Crippen LogP contribution in [0.2, 0.25) is 5.02 Å². The van der Waals surface area contributed by atoms with Crippen LogP contribution in [0.1, 0.15) is 20.7 Å². The normalized spacial score (nSPS) is 15.8. The number of halogens is 1. The maximum atomic E-state index is 13.0. The van der Waals surface area contributed by atoms with Gasteiger partial charge in [0.25, 0.3) is 11.8 Å². The zero-order chi connectivity index (χ0) is 21.2. The highest BCUT2D eigenvalue weighted by Crippen LogP contribution is 2.25. The minimum absolute atomic E-state index is 0.0128. The number of carbonyl (C=O) groups excluding carboxylic acids is 2. The number of nitrogens with one attached hydrogen (secondary N) is 1. The summed E-state index contributed by atoms with van der Waals surface area (Å²) in [6, 6.07) is 10.3. The number of benzene rings is 2. The predicted octanol–water partition coefficient (Wildman–Crippen LogP) is 1.63. The summed E-state index contributed by atoms with van der Waals surface area (Å²) in [7, 11) is -1.83. The number of hydrogen-bond donors (Lipinski definition) is 2. The van der Waals surface area contributed by atoms with Crippen LogP contribution >= 0.6 is 11.6 Å². The van der Waals surface area contributed by atoms with Gasteiger partial charge in [-0.25, -0.2) is 8.42 Å². The maximum Gasteiger partial charge on any atom is 0.257 e. The molecule has 0 radical (unpaired) electrons. The molecule has 3 rings (SSSR count). The Morgan fingerprint density at radius 2 is 1.69 bits per heavy atom. The van der Waals surface area contributed by atoms with Gasteiger partial charge in [0.2, 0.25) is 10.0 Å². The maximum absolute atomic E-state index is 13.0. The van der Waals surface area contributed by atoms with Crippen LogP contribution in [-0.2, 0) is 10.0 Å². The van der Waals surface area contributed by atoms with Crippen molar-refractivity contribution in [1.82, 2.24) is 9.21 Å². The lowest BCUT2D eigenvalue weighted by Gasteiger charge is -2.31. The van der Waals surface area contributed by atoms with Gasteiger partial charge in [-0.15, -0.1) is 0 Å². The molecule has 10 heteroatoms. The number of amides is 2. The molecule has 29 heavy (non-hydrogen) atoms. The first-order chi connectivity index (χ1) is 13.7. The molecular weight excluding hydrogens is 416 g/mol. The Morgan fingerprint density at radius 1 is 1.03 bits per heavy atom. The summed E-state index contributed by atoms with van der Waals surface area (Å²) in [6.45, 7) is 2.00. The predicted molar refractivity (Wildman–Crippen MR) is 111 cm³/mol. The first-order valence-corrected chi connectivity index (χ1v) is 10.7. The van der Waals surface area contributed by atoms with E-state index in [0.29, 0.717) is 26.2 Å². The molecule has 0 spiro atoms. The summed E-state index contributed by atoms with van der Waals surface area (Å²) < 4.78 is 27.3. The van der Waals surface area contributed by atoms with Crippen LogP contribution in [0.25, 0.3) is 0 Å². The first-order valence-electron chi connectivity index (χ1n) is 8.88. The molecule has 0 aliphatic carbocycles. The van der Waals surface area contributed by atoms with E-state index in [1.54, 1.807) is 12.1 Å². The molecular formula is C19H21ClN4O4S. The smallest absolute Gasteiger partial charge is 0.257 e. The topological polar surface area (TPSA) is 113 Å². The molecule has 2 amide bonds. The number of carbonyl (C=O) groups is 2. The van der Waals surface area contributed by atoms with Crippen molar-refractivity contribution in [1.29, 1.82) is 0 Å². The van der Waals surface area contributed by atoms with Crippen molar-refractivity contribution in [2.24, 2.45) is 5.73 Å². The number of piperazine rings is 1. The Balaban J connectivity index is 1.89. The molecule has 8 nitrogen and oxygen atoms in total. The summed E-state index contributed by atoms with van der Waals surface area (Å²) in [5.74, 6) is -1.34. The molecule has 154 valence electrons. The van der Waals surface area contributed by atoms with Crippen molar-refractivity contribution in [2.75, 3.05) is 38.5 Å². The fraction of sp³-hybridized carbons (Fsp3) is 0.263. The number of likely N-dealkylation sites (N-methyl/N-ethyl adjacent to an activating group) is 1. The lowest BCUT2D eigenvalue weighted by Crippen LogP contribution is -2.47. The molecule has 0 aromatic heterocycles. The molecule has 1 saturated heterocycles. The third kappa shape index (κ3) is 4.59. The monoisotopic (exact) mass is 436 g/mol. The quantitative estimate of drug-likeness (QED) is 0.739. The van der Waals surface area contributed by atoms with E-state index in [2.05, 4.69) is 5.32 Å². The van der Waals surface area contributed by atoms with E-state index >= 15 is 0 Å². The van der Waals surface area contributed by atoms with Crippen LogP contribution in [0.5, 0.6) is 0 Å². The van der Waals surface area contributed by atoms with Crippen LogP contribution in [0, 0.1) is 0 Å². The largest absolute Gasteiger partial charge is 0.366 e. The molecule has 0 atom stereocenters. The number of nitrogens with zero attached hydrogens (tertiary/aromatic N) is 2. The van der Waals surface area contributed by atoms with Crippen molar-refractivity contribution in [3.63, 3.8) is 0 Å². The van der Waals surface area contributed by atoms with Gasteiger partial charge in [-0.05, 0) is 37.4 Å². The summed E-state index contributed by atoms with van der Waals surface area (Å²) >= 11 is 6.15. The molecule has 0 saturated carbocycles. The Bertz CT molecular complexity index is 1050. The van der Waals surface area contributed by atoms with E-state index in [1.165, 1.54) is 34.6 Å². The van der Waals surface area contributed by atoms with Crippen LogP contribution in [0.4, 0.5) is 5.69 Å². The van der Waals surface area contributed by atoms with Crippen LogP contribution in [-0.4, -0.2) is 62.7 Å². The van der Waals surface area contributed by atoms with Gasteiger partial charge in [0.15, 0.2) is 0 Å². The lowest BCUT2D eigenvalue weighted by molar-refractivity contribution is 0.100. The second kappa shape index (κ2) is 8.50. The summed E-state index contributed by atoms with van der Waals surface area (Å²) in [5.41, 5.74) is 5.67. The first kappa shape index (κ1) is 21.3. The number of rotatable bonds is 5. The molecule has 1 fully saturated rings. The second-order valence-corrected chi connectivity index (χ2v) is 9.06. The van der Waals surface area contributed by atoms with Gasteiger partial charge in [-0.2, -0.15) is 4.31 Å². The van der Waals surface area contributed by atoms with Gasteiger partial charge in [0, 0.05) is 26.2 Å². The van der Waals surface area contributed by atoms with Crippen molar-refractivity contribution in [3.05, 3.63) is 58.6 Å². The fourth-order valence-electron chi connectivity index (χ4n) is 3.01. The van der Waals surface area contributed by atoms with Gasteiger partial charge in [0.05, 0.1) is 26.7 Å². The third-order valence-electron chi connectivity index (χ3n) is 4.72. The van der Waals surface area contributed by atoms with Gasteiger partial charge in [-0.3, -0.25) is 9.59 Å². The molecule has 1 heterocycles. The molecule has 3 N–H and O–H groups in total. The van der Waals surface area contributed by atoms with E-state index in [4.69, 9.17) is 17.3 Å². The number of sulfonamides is 1. The average molecular weight is 437 g/mol. The van der Waals surface area contributed by atoms with E-state index < -0.39 is 21.8 Å². The Labute approximate surface area is 174 Å². The molecule has 0 unspecified atom stereocenters. The summed E-state index contributed by atoms with van der Waals surface area (Å²) in [4.78, 5) is 26.3. The van der Waals surface area contributed by atoms with Crippen molar-refractivity contribution in [3.8, 4) is 0 Å². The highest BCUT2D eigenvalue weighted by Gasteiger charge is 2.28. The van der Waals surface area contributed by atoms with Gasteiger partial charge in [-0.1, -0.05) is 23.7 Å². The SMILES string of the molecule is CN1CCN(S(=O)(=O)c2ccc(Cl)c(C(=O)Nc3ccccc3C(N)=O)c2)CC1. The number of para-hydroxylation sites is 1. The fourth-order valence-corrected chi connectivity index (χ4v) is 4.67. The highest BCUT2D eigenvalue weighted by atomic mass is 35.5. The summed E-state index contributed by atoms with van der Waals surface area (Å²) in [6.07, 6.45) is 0.